The number of hydrogen-bond acceptors (Lipinski definition) is 2. The molecule has 110 valence electrons. The van der Waals surface area contributed by atoms with Gasteiger partial charge in [0.2, 0.25) is 0 Å². The van der Waals surface area contributed by atoms with Crippen molar-refractivity contribution in [3.8, 4) is 0 Å². The van der Waals surface area contributed by atoms with Crippen molar-refractivity contribution in [1.29, 1.82) is 0 Å². The van der Waals surface area contributed by atoms with E-state index in [1.54, 1.807) is 0 Å². The van der Waals surface area contributed by atoms with Crippen LogP contribution in [-0.2, 0) is 9.59 Å². The van der Waals surface area contributed by atoms with Gasteiger partial charge >= 0.3 is 11.9 Å². The minimum Gasteiger partial charge on any atom is -0.481 e. The van der Waals surface area contributed by atoms with Gasteiger partial charge in [0.25, 0.3) is 0 Å². The molecule has 0 radical (unpaired) electrons. The maximum atomic E-state index is 10.3. The molecule has 19 heavy (non-hydrogen) atoms. The number of unbranched alkanes of at least 4 members (excludes halogenated alkanes) is 4. The SMILES string of the molecule is CC(C=CCCCCCC(=O)O)CCCCC(=O)O. The average molecular weight is 270 g/mol. The molecule has 0 aliphatic carbocycles. The van der Waals surface area contributed by atoms with Crippen molar-refractivity contribution in [3.05, 3.63) is 12.2 Å². The van der Waals surface area contributed by atoms with Gasteiger partial charge in [0.15, 0.2) is 0 Å². The summed E-state index contributed by atoms with van der Waals surface area (Å²) in [4.78, 5) is 20.6. The molecule has 0 fully saturated rings. The Hall–Kier alpha value is -1.32. The summed E-state index contributed by atoms with van der Waals surface area (Å²) in [6, 6.07) is 0. The summed E-state index contributed by atoms with van der Waals surface area (Å²) in [6.07, 6.45) is 11.4. The van der Waals surface area contributed by atoms with Gasteiger partial charge in [-0.1, -0.05) is 31.9 Å². The van der Waals surface area contributed by atoms with Crippen LogP contribution in [0.2, 0.25) is 0 Å². The van der Waals surface area contributed by atoms with Crippen molar-refractivity contribution in [2.75, 3.05) is 0 Å². The van der Waals surface area contributed by atoms with Crippen molar-refractivity contribution < 1.29 is 19.8 Å². The third kappa shape index (κ3) is 14.6. The molecule has 2 N–H and O–H groups in total. The average Bonchev–Trinajstić information content (AvgIpc) is 2.33. The predicted molar refractivity (Wildman–Crippen MR) is 75.1 cm³/mol. The van der Waals surface area contributed by atoms with Gasteiger partial charge in [0.05, 0.1) is 0 Å². The second kappa shape index (κ2) is 11.8. The van der Waals surface area contributed by atoms with E-state index in [1.807, 2.05) is 0 Å². The minimum absolute atomic E-state index is 0.264. The van der Waals surface area contributed by atoms with Crippen LogP contribution in [0.15, 0.2) is 12.2 Å². The van der Waals surface area contributed by atoms with Crippen LogP contribution in [0.1, 0.15) is 64.7 Å². The van der Waals surface area contributed by atoms with E-state index in [0.29, 0.717) is 5.92 Å². The summed E-state index contributed by atoms with van der Waals surface area (Å²) >= 11 is 0. The predicted octanol–water partition coefficient (Wildman–Crippen LogP) is 3.86. The fourth-order valence-corrected chi connectivity index (χ4v) is 1.88. The van der Waals surface area contributed by atoms with Gasteiger partial charge < -0.3 is 10.2 Å². The van der Waals surface area contributed by atoms with Crippen LogP contribution >= 0.6 is 0 Å². The maximum absolute atomic E-state index is 10.3. The molecule has 0 amide bonds. The van der Waals surface area contributed by atoms with Crippen molar-refractivity contribution in [3.63, 3.8) is 0 Å². The number of carboxylic acid groups (broad SMARTS) is 2. The van der Waals surface area contributed by atoms with Crippen LogP contribution < -0.4 is 0 Å². The van der Waals surface area contributed by atoms with Crippen LogP contribution in [-0.4, -0.2) is 22.2 Å². The third-order valence-corrected chi connectivity index (χ3v) is 3.03. The van der Waals surface area contributed by atoms with E-state index < -0.39 is 11.9 Å². The van der Waals surface area contributed by atoms with E-state index in [1.165, 1.54) is 0 Å². The molecule has 0 rings (SSSR count). The molecular formula is C15H26O4. The van der Waals surface area contributed by atoms with Gasteiger partial charge in [-0.05, 0) is 38.0 Å². The topological polar surface area (TPSA) is 74.6 Å². The monoisotopic (exact) mass is 270 g/mol. The number of carbonyl (C=O) groups is 2. The van der Waals surface area contributed by atoms with E-state index in [4.69, 9.17) is 10.2 Å². The van der Waals surface area contributed by atoms with Crippen LogP contribution in [0.25, 0.3) is 0 Å². The number of rotatable bonds is 12. The Morgan fingerprint density at radius 3 is 2.11 bits per heavy atom. The smallest absolute Gasteiger partial charge is 0.303 e. The Labute approximate surface area is 115 Å². The lowest BCUT2D eigenvalue weighted by Gasteiger charge is -2.04. The zero-order valence-corrected chi connectivity index (χ0v) is 11.8. The number of aliphatic carboxylic acids is 2. The van der Waals surface area contributed by atoms with Crippen molar-refractivity contribution in [1.82, 2.24) is 0 Å². The van der Waals surface area contributed by atoms with Crippen LogP contribution in [0.4, 0.5) is 0 Å². The van der Waals surface area contributed by atoms with Crippen LogP contribution in [0.5, 0.6) is 0 Å². The Kier molecular flexibility index (Phi) is 10.9. The van der Waals surface area contributed by atoms with E-state index in [9.17, 15) is 9.59 Å². The van der Waals surface area contributed by atoms with Gasteiger partial charge in [0, 0.05) is 12.8 Å². The van der Waals surface area contributed by atoms with Crippen molar-refractivity contribution in [2.45, 2.75) is 64.7 Å². The first-order chi connectivity index (χ1) is 9.02. The van der Waals surface area contributed by atoms with E-state index in [0.717, 1.165) is 44.9 Å². The molecule has 0 saturated carbocycles. The van der Waals surface area contributed by atoms with Gasteiger partial charge in [-0.25, -0.2) is 0 Å². The van der Waals surface area contributed by atoms with E-state index in [2.05, 4.69) is 19.1 Å². The Balaban J connectivity index is 3.38. The molecule has 0 bridgehead atoms. The van der Waals surface area contributed by atoms with Crippen molar-refractivity contribution in [2.24, 2.45) is 5.92 Å². The molecule has 0 spiro atoms. The summed E-state index contributed by atoms with van der Waals surface area (Å²) in [6.45, 7) is 2.14. The molecular weight excluding hydrogens is 244 g/mol. The summed E-state index contributed by atoms with van der Waals surface area (Å²) in [5.41, 5.74) is 0. The summed E-state index contributed by atoms with van der Waals surface area (Å²) < 4.78 is 0. The first-order valence-electron chi connectivity index (χ1n) is 7.12. The Bertz CT molecular complexity index is 284. The molecule has 0 aromatic carbocycles. The number of carboxylic acids is 2. The summed E-state index contributed by atoms with van der Waals surface area (Å²) in [7, 11) is 0. The molecule has 0 aliphatic heterocycles. The molecule has 0 aromatic rings. The zero-order chi connectivity index (χ0) is 14.5. The zero-order valence-electron chi connectivity index (χ0n) is 11.8. The molecule has 1 atom stereocenters. The third-order valence-electron chi connectivity index (χ3n) is 3.03. The second-order valence-electron chi connectivity index (χ2n) is 5.04. The standard InChI is InChI=1S/C15H26O4/c1-13(10-7-8-12-15(18)19)9-5-3-2-4-6-11-14(16)17/h5,9,13H,2-4,6-8,10-12H2,1H3,(H,16,17)(H,18,19). The largest absolute Gasteiger partial charge is 0.481 e. The lowest BCUT2D eigenvalue weighted by molar-refractivity contribution is -0.138. The number of allylic oxidation sites excluding steroid dienone is 2. The maximum Gasteiger partial charge on any atom is 0.303 e. The van der Waals surface area contributed by atoms with Crippen LogP contribution in [0, 0.1) is 5.92 Å². The molecule has 0 heterocycles. The Morgan fingerprint density at radius 1 is 0.947 bits per heavy atom. The number of hydrogen-bond donors (Lipinski definition) is 2. The highest BCUT2D eigenvalue weighted by Gasteiger charge is 2.00. The molecule has 4 heteroatoms. The molecule has 0 saturated heterocycles. The quantitative estimate of drug-likeness (QED) is 0.417. The van der Waals surface area contributed by atoms with Crippen molar-refractivity contribution >= 4 is 11.9 Å². The highest BCUT2D eigenvalue weighted by molar-refractivity contribution is 5.66. The summed E-state index contributed by atoms with van der Waals surface area (Å²) in [5.74, 6) is -0.942. The normalized spacial score (nSPS) is 12.7. The highest BCUT2D eigenvalue weighted by atomic mass is 16.4. The lowest BCUT2D eigenvalue weighted by Crippen LogP contribution is -1.95. The Morgan fingerprint density at radius 2 is 1.53 bits per heavy atom. The van der Waals surface area contributed by atoms with Gasteiger partial charge in [-0.15, -0.1) is 0 Å². The highest BCUT2D eigenvalue weighted by Crippen LogP contribution is 2.12. The van der Waals surface area contributed by atoms with Gasteiger partial charge in [-0.3, -0.25) is 9.59 Å². The molecule has 4 nitrogen and oxygen atoms in total. The lowest BCUT2D eigenvalue weighted by atomic mass is 10.0. The fraction of sp³-hybridized carbons (Fsp3) is 0.733. The first kappa shape index (κ1) is 17.7. The minimum atomic E-state index is -0.718. The van der Waals surface area contributed by atoms with E-state index >= 15 is 0 Å². The van der Waals surface area contributed by atoms with E-state index in [-0.39, 0.29) is 12.8 Å². The fourth-order valence-electron chi connectivity index (χ4n) is 1.88. The van der Waals surface area contributed by atoms with Crippen LogP contribution in [0.3, 0.4) is 0 Å². The van der Waals surface area contributed by atoms with Gasteiger partial charge in [0.1, 0.15) is 0 Å². The molecule has 0 aliphatic rings. The summed E-state index contributed by atoms with van der Waals surface area (Å²) in [5, 5.41) is 17.0. The first-order valence-corrected chi connectivity index (χ1v) is 7.12. The second-order valence-corrected chi connectivity index (χ2v) is 5.04. The molecule has 1 unspecified atom stereocenters. The van der Waals surface area contributed by atoms with Gasteiger partial charge in [-0.2, -0.15) is 0 Å². The molecule has 0 aromatic heterocycles.